The number of nitrogens with zero attached hydrogens (tertiary/aromatic N) is 2. The fraction of sp³-hybridized carbons (Fsp3) is 0.357. The smallest absolute Gasteiger partial charge is 0.167 e. The Hall–Kier alpha value is -1.46. The first-order valence-electron chi connectivity index (χ1n) is 6.25. The second-order valence-electron chi connectivity index (χ2n) is 4.61. The van der Waals surface area contributed by atoms with Gasteiger partial charge in [0.2, 0.25) is 0 Å². The predicted octanol–water partition coefficient (Wildman–Crippen LogP) is 2.18. The molecule has 3 rings (SSSR count). The average Bonchev–Trinajstić information content (AvgIpc) is 3.00. The summed E-state index contributed by atoms with van der Waals surface area (Å²) in [7, 11) is 1.93. The summed E-state index contributed by atoms with van der Waals surface area (Å²) in [5.74, 6) is 2.35. The lowest BCUT2D eigenvalue weighted by Gasteiger charge is -2.08. The molecule has 0 saturated carbocycles. The molecule has 2 aromatic rings. The van der Waals surface area contributed by atoms with Gasteiger partial charge >= 0.3 is 0 Å². The van der Waals surface area contributed by atoms with Crippen LogP contribution < -0.4 is 4.74 Å². The van der Waals surface area contributed by atoms with Gasteiger partial charge in [-0.1, -0.05) is 30.0 Å². The fourth-order valence-corrected chi connectivity index (χ4v) is 3.31. The summed E-state index contributed by atoms with van der Waals surface area (Å²) in [4.78, 5) is 4.33. The van der Waals surface area contributed by atoms with Gasteiger partial charge in [0.25, 0.3) is 0 Å². The first kappa shape index (κ1) is 12.6. The molecule has 100 valence electrons. The van der Waals surface area contributed by atoms with Crippen molar-refractivity contribution in [3.63, 3.8) is 0 Å². The number of ether oxygens (including phenoxy) is 1. The number of para-hydroxylation sites is 1. The number of fused-ring (bicyclic) bond motifs is 1. The third kappa shape index (κ3) is 2.35. The zero-order chi connectivity index (χ0) is 13.2. The van der Waals surface area contributed by atoms with Gasteiger partial charge in [-0.25, -0.2) is 4.98 Å². The Morgan fingerprint density at radius 2 is 2.32 bits per heavy atom. The molecule has 1 aliphatic heterocycles. The second kappa shape index (κ2) is 5.27. The number of rotatable bonds is 4. The van der Waals surface area contributed by atoms with E-state index < -0.39 is 0 Å². The number of hydrogen-bond donors (Lipinski definition) is 1. The molecule has 19 heavy (non-hydrogen) atoms. The first-order valence-corrected chi connectivity index (χ1v) is 7.24. The van der Waals surface area contributed by atoms with Gasteiger partial charge in [-0.2, -0.15) is 0 Å². The van der Waals surface area contributed by atoms with E-state index in [1.54, 1.807) is 18.0 Å². The highest BCUT2D eigenvalue weighted by Crippen LogP contribution is 2.36. The Labute approximate surface area is 116 Å². The summed E-state index contributed by atoms with van der Waals surface area (Å²) in [6.45, 7) is 0.767. The van der Waals surface area contributed by atoms with Crippen LogP contribution >= 0.6 is 11.8 Å². The van der Waals surface area contributed by atoms with Crippen LogP contribution in [0, 0.1) is 0 Å². The van der Waals surface area contributed by atoms with Crippen molar-refractivity contribution in [2.75, 3.05) is 12.4 Å². The Morgan fingerprint density at radius 3 is 3.11 bits per heavy atom. The van der Waals surface area contributed by atoms with Crippen molar-refractivity contribution < 1.29 is 9.84 Å². The van der Waals surface area contributed by atoms with E-state index in [0.29, 0.717) is 5.92 Å². The van der Waals surface area contributed by atoms with Gasteiger partial charge in [-0.05, 0) is 6.07 Å². The van der Waals surface area contributed by atoms with Crippen LogP contribution in [0.25, 0.3) is 0 Å². The van der Waals surface area contributed by atoms with Crippen LogP contribution in [-0.2, 0) is 13.7 Å². The number of aliphatic hydroxyl groups is 1. The minimum Gasteiger partial charge on any atom is -0.493 e. The number of thioether (sulfide) groups is 1. The molecule has 0 amide bonds. The van der Waals surface area contributed by atoms with Gasteiger partial charge in [0.15, 0.2) is 5.16 Å². The molecule has 1 aromatic carbocycles. The maximum absolute atomic E-state index is 9.15. The van der Waals surface area contributed by atoms with E-state index in [1.807, 2.05) is 23.7 Å². The number of aliphatic hydroxyl groups excluding tert-OH is 1. The summed E-state index contributed by atoms with van der Waals surface area (Å²) in [6.07, 6.45) is 1.72. The fourth-order valence-electron chi connectivity index (χ4n) is 2.25. The van der Waals surface area contributed by atoms with Crippen LogP contribution in [-0.4, -0.2) is 27.0 Å². The molecule has 0 fully saturated rings. The van der Waals surface area contributed by atoms with E-state index in [9.17, 15) is 0 Å². The largest absolute Gasteiger partial charge is 0.493 e. The van der Waals surface area contributed by atoms with E-state index in [-0.39, 0.29) is 6.61 Å². The van der Waals surface area contributed by atoms with E-state index in [0.717, 1.165) is 29.0 Å². The molecule has 5 heteroatoms. The molecule has 0 bridgehead atoms. The van der Waals surface area contributed by atoms with Crippen molar-refractivity contribution in [3.8, 4) is 5.75 Å². The number of imidazole rings is 1. The van der Waals surface area contributed by atoms with E-state index in [4.69, 9.17) is 9.84 Å². The van der Waals surface area contributed by atoms with Crippen LogP contribution in [0.2, 0.25) is 0 Å². The molecular formula is C14H16N2O2S. The molecule has 1 unspecified atom stereocenters. The average molecular weight is 276 g/mol. The molecule has 2 heterocycles. The van der Waals surface area contributed by atoms with Gasteiger partial charge in [0.1, 0.15) is 5.75 Å². The van der Waals surface area contributed by atoms with Crippen LogP contribution in [0.1, 0.15) is 17.2 Å². The quantitative estimate of drug-likeness (QED) is 0.870. The summed E-state index contributed by atoms with van der Waals surface area (Å²) in [5, 5.41) is 10.1. The van der Waals surface area contributed by atoms with Gasteiger partial charge in [-0.15, -0.1) is 0 Å². The molecule has 1 N–H and O–H groups in total. The van der Waals surface area contributed by atoms with E-state index in [1.165, 1.54) is 5.56 Å². The van der Waals surface area contributed by atoms with Gasteiger partial charge < -0.3 is 14.4 Å². The lowest BCUT2D eigenvalue weighted by molar-refractivity contribution is 0.271. The molecule has 0 saturated heterocycles. The van der Waals surface area contributed by atoms with Gasteiger partial charge in [0, 0.05) is 24.3 Å². The van der Waals surface area contributed by atoms with Crippen molar-refractivity contribution in [1.29, 1.82) is 0 Å². The Balaban J connectivity index is 1.69. The topological polar surface area (TPSA) is 47.3 Å². The normalized spacial score (nSPS) is 17.3. The number of benzene rings is 1. The molecule has 0 radical (unpaired) electrons. The van der Waals surface area contributed by atoms with Crippen molar-refractivity contribution in [1.82, 2.24) is 9.55 Å². The SMILES string of the molecule is Cn1c(CO)cnc1SCC1COc2ccccc21. The number of aromatic nitrogens is 2. The summed E-state index contributed by atoms with van der Waals surface area (Å²) in [6, 6.07) is 8.20. The highest BCUT2D eigenvalue weighted by Gasteiger charge is 2.24. The molecule has 1 aromatic heterocycles. The zero-order valence-electron chi connectivity index (χ0n) is 10.7. The van der Waals surface area contributed by atoms with Crippen LogP contribution in [0.5, 0.6) is 5.75 Å². The summed E-state index contributed by atoms with van der Waals surface area (Å²) >= 11 is 1.70. The highest BCUT2D eigenvalue weighted by atomic mass is 32.2. The lowest BCUT2D eigenvalue weighted by atomic mass is 10.0. The zero-order valence-corrected chi connectivity index (χ0v) is 11.6. The first-order chi connectivity index (χ1) is 9.29. The Kier molecular flexibility index (Phi) is 3.48. The molecule has 0 spiro atoms. The van der Waals surface area contributed by atoms with Crippen molar-refractivity contribution in [2.45, 2.75) is 17.7 Å². The predicted molar refractivity (Wildman–Crippen MR) is 74.5 cm³/mol. The van der Waals surface area contributed by atoms with Crippen LogP contribution in [0.15, 0.2) is 35.6 Å². The molecular weight excluding hydrogens is 260 g/mol. The van der Waals surface area contributed by atoms with Crippen LogP contribution in [0.3, 0.4) is 0 Å². The third-order valence-electron chi connectivity index (χ3n) is 3.42. The van der Waals surface area contributed by atoms with Crippen molar-refractivity contribution in [3.05, 3.63) is 41.7 Å². The highest BCUT2D eigenvalue weighted by molar-refractivity contribution is 7.99. The van der Waals surface area contributed by atoms with Crippen LogP contribution in [0.4, 0.5) is 0 Å². The lowest BCUT2D eigenvalue weighted by Crippen LogP contribution is -2.05. The number of hydrogen-bond acceptors (Lipinski definition) is 4. The minimum atomic E-state index is 0.0272. The van der Waals surface area contributed by atoms with Gasteiger partial charge in [0.05, 0.1) is 25.1 Å². The van der Waals surface area contributed by atoms with E-state index in [2.05, 4.69) is 17.1 Å². The maximum atomic E-state index is 9.15. The second-order valence-corrected chi connectivity index (χ2v) is 5.59. The molecule has 4 nitrogen and oxygen atoms in total. The van der Waals surface area contributed by atoms with Gasteiger partial charge in [-0.3, -0.25) is 0 Å². The maximum Gasteiger partial charge on any atom is 0.167 e. The monoisotopic (exact) mass is 276 g/mol. The standard InChI is InChI=1S/C14H16N2O2S/c1-16-11(7-17)6-15-14(16)19-9-10-8-18-13-5-3-2-4-12(10)13/h2-6,10,17H,7-9H2,1H3. The Bertz CT molecular complexity index is 583. The minimum absolute atomic E-state index is 0.0272. The third-order valence-corrected chi connectivity index (χ3v) is 4.62. The van der Waals surface area contributed by atoms with Crippen molar-refractivity contribution in [2.24, 2.45) is 7.05 Å². The van der Waals surface area contributed by atoms with Crippen molar-refractivity contribution >= 4 is 11.8 Å². The molecule has 0 aliphatic carbocycles. The van der Waals surface area contributed by atoms with E-state index >= 15 is 0 Å². The Morgan fingerprint density at radius 1 is 1.47 bits per heavy atom. The summed E-state index contributed by atoms with van der Waals surface area (Å²) < 4.78 is 7.61. The summed E-state index contributed by atoms with van der Waals surface area (Å²) in [5.41, 5.74) is 2.12. The molecule has 1 aliphatic rings. The molecule has 1 atom stereocenters.